The molecule has 112 valence electrons. The van der Waals surface area contributed by atoms with Crippen molar-refractivity contribution >= 4 is 33.6 Å². The van der Waals surface area contributed by atoms with Crippen LogP contribution in [0.4, 0.5) is 11.4 Å². The number of hydrogen-bond acceptors (Lipinski definition) is 5. The molecule has 0 saturated carbocycles. The lowest BCUT2D eigenvalue weighted by Crippen LogP contribution is -2.13. The summed E-state index contributed by atoms with van der Waals surface area (Å²) in [6.07, 6.45) is 1.66. The fourth-order valence-electron chi connectivity index (χ4n) is 2.05. The largest absolute Gasteiger partial charge is 0.320 e. The van der Waals surface area contributed by atoms with Crippen molar-refractivity contribution < 1.29 is 9.72 Å². The fraction of sp³-hybridized carbons (Fsp3) is 0.143. The number of nitrogens with one attached hydrogen (secondary N) is 1. The minimum Gasteiger partial charge on any atom is -0.320 e. The number of fused-ring (bicyclic) bond motifs is 1. The lowest BCUT2D eigenvalue weighted by atomic mass is 10.2. The molecule has 3 aromatic rings. The number of benzene rings is 1. The highest BCUT2D eigenvalue weighted by Crippen LogP contribution is 2.23. The van der Waals surface area contributed by atoms with Crippen molar-refractivity contribution in [1.29, 1.82) is 0 Å². The standard InChI is InChI=1S/C14H12N4O3S/c1-8-3-4-10(18(20)21)5-11(8)15-13(19)12-6-17-9(2)7-22-14(17)16-12/h3-7H,1-2H3,(H,15,19). The van der Waals surface area contributed by atoms with Gasteiger partial charge in [-0.2, -0.15) is 0 Å². The van der Waals surface area contributed by atoms with Crippen LogP contribution in [0.25, 0.3) is 4.96 Å². The highest BCUT2D eigenvalue weighted by Gasteiger charge is 2.15. The average molecular weight is 316 g/mol. The number of carbonyl (C=O) groups is 1. The van der Waals surface area contributed by atoms with E-state index in [1.54, 1.807) is 19.2 Å². The van der Waals surface area contributed by atoms with Crippen LogP contribution in [-0.2, 0) is 0 Å². The summed E-state index contributed by atoms with van der Waals surface area (Å²) < 4.78 is 1.83. The zero-order chi connectivity index (χ0) is 15.9. The van der Waals surface area contributed by atoms with Crippen LogP contribution in [0.3, 0.4) is 0 Å². The predicted molar refractivity (Wildman–Crippen MR) is 83.6 cm³/mol. The number of carbonyl (C=O) groups excluding carboxylic acids is 1. The normalized spacial score (nSPS) is 10.8. The van der Waals surface area contributed by atoms with Gasteiger partial charge in [-0.3, -0.25) is 19.3 Å². The van der Waals surface area contributed by atoms with Crippen LogP contribution in [0.1, 0.15) is 21.7 Å². The summed E-state index contributed by atoms with van der Waals surface area (Å²) in [6, 6.07) is 4.35. The highest BCUT2D eigenvalue weighted by molar-refractivity contribution is 7.15. The Balaban J connectivity index is 1.90. The van der Waals surface area contributed by atoms with Gasteiger partial charge in [0.2, 0.25) is 0 Å². The molecule has 0 atom stereocenters. The first-order valence-corrected chi connectivity index (χ1v) is 7.33. The summed E-state index contributed by atoms with van der Waals surface area (Å²) in [5.74, 6) is -0.390. The summed E-state index contributed by atoms with van der Waals surface area (Å²) in [6.45, 7) is 3.70. The molecule has 2 aromatic heterocycles. The molecule has 0 aliphatic rings. The summed E-state index contributed by atoms with van der Waals surface area (Å²) in [5.41, 5.74) is 2.37. The molecule has 8 heteroatoms. The molecule has 0 radical (unpaired) electrons. The van der Waals surface area contributed by atoms with E-state index in [4.69, 9.17) is 0 Å². The molecule has 2 heterocycles. The molecule has 0 fully saturated rings. The zero-order valence-electron chi connectivity index (χ0n) is 11.9. The van der Waals surface area contributed by atoms with E-state index in [0.29, 0.717) is 5.69 Å². The van der Waals surface area contributed by atoms with Crippen molar-refractivity contribution in [2.75, 3.05) is 5.32 Å². The number of hydrogen-bond donors (Lipinski definition) is 1. The Morgan fingerprint density at radius 3 is 2.86 bits per heavy atom. The van der Waals surface area contributed by atoms with Gasteiger partial charge in [0.25, 0.3) is 11.6 Å². The van der Waals surface area contributed by atoms with Crippen LogP contribution in [0.2, 0.25) is 0 Å². The number of thiazole rings is 1. The first-order chi connectivity index (χ1) is 10.5. The maximum absolute atomic E-state index is 12.3. The van der Waals surface area contributed by atoms with Gasteiger partial charge in [-0.1, -0.05) is 6.07 Å². The highest BCUT2D eigenvalue weighted by atomic mass is 32.1. The number of amides is 1. The van der Waals surface area contributed by atoms with Crippen molar-refractivity contribution in [3.8, 4) is 0 Å². The van der Waals surface area contributed by atoms with Crippen LogP contribution >= 0.6 is 11.3 Å². The molecular formula is C14H12N4O3S. The number of nitro groups is 1. The van der Waals surface area contributed by atoms with Crippen molar-refractivity contribution in [2.45, 2.75) is 13.8 Å². The Kier molecular flexibility index (Phi) is 3.38. The smallest absolute Gasteiger partial charge is 0.275 e. The second kappa shape index (κ2) is 5.23. The third-order valence-electron chi connectivity index (χ3n) is 3.30. The molecule has 22 heavy (non-hydrogen) atoms. The SMILES string of the molecule is Cc1ccc([N+](=O)[O-])cc1NC(=O)c1cn2c(C)csc2n1. The van der Waals surface area contributed by atoms with Gasteiger partial charge in [0.15, 0.2) is 4.96 Å². The quantitative estimate of drug-likeness (QED) is 0.593. The van der Waals surface area contributed by atoms with Gasteiger partial charge in [-0.25, -0.2) is 4.98 Å². The fourth-order valence-corrected chi connectivity index (χ4v) is 2.90. The zero-order valence-corrected chi connectivity index (χ0v) is 12.7. The first kappa shape index (κ1) is 14.2. The molecule has 0 spiro atoms. The minimum atomic E-state index is -0.495. The van der Waals surface area contributed by atoms with Gasteiger partial charge >= 0.3 is 0 Å². The Morgan fingerprint density at radius 1 is 1.41 bits per heavy atom. The van der Waals surface area contributed by atoms with Crippen LogP contribution in [0.15, 0.2) is 29.8 Å². The number of aromatic nitrogens is 2. The Morgan fingerprint density at radius 2 is 2.18 bits per heavy atom. The Bertz CT molecular complexity index is 897. The van der Waals surface area contributed by atoms with Gasteiger partial charge in [0, 0.05) is 29.4 Å². The number of anilines is 1. The minimum absolute atomic E-state index is 0.0671. The molecule has 3 rings (SSSR count). The maximum atomic E-state index is 12.3. The average Bonchev–Trinajstić information content (AvgIpc) is 3.03. The second-order valence-corrected chi connectivity index (χ2v) is 5.70. The van der Waals surface area contributed by atoms with Gasteiger partial charge in [-0.05, 0) is 19.4 Å². The molecule has 1 N–H and O–H groups in total. The third-order valence-corrected chi connectivity index (χ3v) is 4.26. The molecule has 0 unspecified atom stereocenters. The van der Waals surface area contributed by atoms with E-state index in [1.807, 2.05) is 16.7 Å². The van der Waals surface area contributed by atoms with E-state index in [1.165, 1.54) is 23.5 Å². The van der Waals surface area contributed by atoms with E-state index in [9.17, 15) is 14.9 Å². The van der Waals surface area contributed by atoms with E-state index in [-0.39, 0.29) is 17.3 Å². The van der Waals surface area contributed by atoms with Gasteiger partial charge in [-0.15, -0.1) is 11.3 Å². The van der Waals surface area contributed by atoms with Gasteiger partial charge < -0.3 is 5.32 Å². The molecule has 0 saturated heterocycles. The molecule has 0 aliphatic heterocycles. The van der Waals surface area contributed by atoms with Crippen molar-refractivity contribution in [3.63, 3.8) is 0 Å². The monoisotopic (exact) mass is 316 g/mol. The molecule has 1 aromatic carbocycles. The number of rotatable bonds is 3. The van der Waals surface area contributed by atoms with E-state index in [2.05, 4.69) is 10.3 Å². The lowest BCUT2D eigenvalue weighted by Gasteiger charge is -2.06. The molecular weight excluding hydrogens is 304 g/mol. The van der Waals surface area contributed by atoms with Crippen LogP contribution < -0.4 is 5.32 Å². The van der Waals surface area contributed by atoms with Gasteiger partial charge in [0.05, 0.1) is 10.6 Å². The van der Waals surface area contributed by atoms with E-state index >= 15 is 0 Å². The number of nitrogens with zero attached hydrogens (tertiary/aromatic N) is 3. The van der Waals surface area contributed by atoms with Crippen LogP contribution in [0, 0.1) is 24.0 Å². The number of non-ortho nitro benzene ring substituents is 1. The summed E-state index contributed by atoms with van der Waals surface area (Å²) in [4.78, 5) is 27.6. The summed E-state index contributed by atoms with van der Waals surface area (Å²) in [7, 11) is 0. The second-order valence-electron chi connectivity index (χ2n) is 4.87. The number of aryl methyl sites for hydroxylation is 2. The molecule has 1 amide bonds. The summed E-state index contributed by atoms with van der Waals surface area (Å²) >= 11 is 1.45. The van der Waals surface area contributed by atoms with Crippen LogP contribution in [-0.4, -0.2) is 20.2 Å². The Hall–Kier alpha value is -2.74. The molecule has 0 bridgehead atoms. The lowest BCUT2D eigenvalue weighted by molar-refractivity contribution is -0.384. The van der Waals surface area contributed by atoms with Crippen molar-refractivity contribution in [1.82, 2.24) is 9.38 Å². The summed E-state index contributed by atoms with van der Waals surface area (Å²) in [5, 5.41) is 15.4. The van der Waals surface area contributed by atoms with E-state index in [0.717, 1.165) is 16.2 Å². The third kappa shape index (κ3) is 2.44. The van der Waals surface area contributed by atoms with Crippen LogP contribution in [0.5, 0.6) is 0 Å². The molecule has 7 nitrogen and oxygen atoms in total. The number of nitro benzene ring substituents is 1. The Labute approximate surface area is 129 Å². The van der Waals surface area contributed by atoms with Crippen molar-refractivity contribution in [2.24, 2.45) is 0 Å². The molecule has 0 aliphatic carbocycles. The maximum Gasteiger partial charge on any atom is 0.275 e. The number of imidazole rings is 1. The topological polar surface area (TPSA) is 89.5 Å². The van der Waals surface area contributed by atoms with E-state index < -0.39 is 4.92 Å². The van der Waals surface area contributed by atoms with Crippen molar-refractivity contribution in [3.05, 3.63) is 56.8 Å². The predicted octanol–water partition coefficient (Wildman–Crippen LogP) is 3.17. The van der Waals surface area contributed by atoms with Gasteiger partial charge in [0.1, 0.15) is 5.69 Å². The first-order valence-electron chi connectivity index (χ1n) is 6.45.